The quantitative estimate of drug-likeness (QED) is 0.656. The molecule has 1 aromatic carbocycles. The number of carbonyl (C=O) groups excluding carboxylic acids is 1. The molecule has 1 nitrogen and oxygen atoms in total. The molecule has 0 saturated heterocycles. The Kier molecular flexibility index (Phi) is 2.76. The lowest BCUT2D eigenvalue weighted by atomic mass is 10.1. The van der Waals surface area contributed by atoms with Crippen molar-refractivity contribution in [3.05, 3.63) is 34.6 Å². The first-order valence-corrected chi connectivity index (χ1v) is 3.57. The molecule has 64 valence electrons. The first kappa shape index (κ1) is 9.13. The molecule has 0 aromatic heterocycles. The molecule has 0 aliphatic rings. The molecule has 0 radical (unpaired) electrons. The van der Waals surface area contributed by atoms with Gasteiger partial charge in [-0.2, -0.15) is 0 Å². The third kappa shape index (κ3) is 1.80. The van der Waals surface area contributed by atoms with E-state index in [1.807, 2.05) is 0 Å². The van der Waals surface area contributed by atoms with Gasteiger partial charge in [0, 0.05) is 5.56 Å². The summed E-state index contributed by atoms with van der Waals surface area (Å²) in [6.45, 7) is -1.12. The number of ketones is 1. The monoisotopic (exact) mass is 190 g/mol. The second-order valence-corrected chi connectivity index (χ2v) is 2.59. The molecule has 1 aromatic rings. The highest BCUT2D eigenvalue weighted by Gasteiger charge is 2.09. The zero-order valence-electron chi connectivity index (χ0n) is 5.98. The maximum absolute atomic E-state index is 12.4. The van der Waals surface area contributed by atoms with E-state index in [4.69, 9.17) is 11.6 Å². The predicted molar refractivity (Wildman–Crippen MR) is 41.7 cm³/mol. The van der Waals surface area contributed by atoms with Crippen molar-refractivity contribution in [1.82, 2.24) is 0 Å². The van der Waals surface area contributed by atoms with Crippen LogP contribution < -0.4 is 0 Å². The number of alkyl halides is 1. The third-order valence-corrected chi connectivity index (χ3v) is 1.67. The molecule has 12 heavy (non-hydrogen) atoms. The smallest absolute Gasteiger partial charge is 0.195 e. The molecule has 0 saturated carbocycles. The molecule has 0 N–H and O–H groups in total. The number of carbonyl (C=O) groups is 1. The molecule has 0 unspecified atom stereocenters. The van der Waals surface area contributed by atoms with Crippen LogP contribution in [0.3, 0.4) is 0 Å². The van der Waals surface area contributed by atoms with Crippen LogP contribution in [0.1, 0.15) is 10.4 Å². The lowest BCUT2D eigenvalue weighted by molar-refractivity contribution is 0.0959. The van der Waals surface area contributed by atoms with Crippen LogP contribution in [0.15, 0.2) is 18.2 Å². The van der Waals surface area contributed by atoms with Gasteiger partial charge < -0.3 is 0 Å². The van der Waals surface area contributed by atoms with Crippen LogP contribution in [0.25, 0.3) is 0 Å². The zero-order chi connectivity index (χ0) is 9.14. The van der Waals surface area contributed by atoms with Crippen molar-refractivity contribution in [1.29, 1.82) is 0 Å². The Bertz CT molecular complexity index is 312. The lowest BCUT2D eigenvalue weighted by Crippen LogP contribution is -2.01. The molecule has 4 heteroatoms. The van der Waals surface area contributed by atoms with E-state index in [1.165, 1.54) is 6.07 Å². The van der Waals surface area contributed by atoms with E-state index >= 15 is 0 Å². The van der Waals surface area contributed by atoms with Crippen LogP contribution in [0, 0.1) is 5.82 Å². The highest BCUT2D eigenvalue weighted by atomic mass is 35.5. The van der Waals surface area contributed by atoms with E-state index in [0.717, 1.165) is 12.1 Å². The summed E-state index contributed by atoms with van der Waals surface area (Å²) in [4.78, 5) is 10.8. The predicted octanol–water partition coefficient (Wildman–Crippen LogP) is 2.63. The first-order chi connectivity index (χ1) is 5.65. The number of hydrogen-bond donors (Lipinski definition) is 0. The average molecular weight is 191 g/mol. The van der Waals surface area contributed by atoms with Crippen molar-refractivity contribution in [2.45, 2.75) is 0 Å². The van der Waals surface area contributed by atoms with Crippen LogP contribution in [0.4, 0.5) is 8.78 Å². The van der Waals surface area contributed by atoms with Gasteiger partial charge in [-0.05, 0) is 18.2 Å². The molecule has 0 amide bonds. The normalized spacial score (nSPS) is 9.92. The van der Waals surface area contributed by atoms with Crippen LogP contribution in [-0.2, 0) is 0 Å². The van der Waals surface area contributed by atoms with Gasteiger partial charge in [-0.25, -0.2) is 8.78 Å². The maximum Gasteiger partial charge on any atom is 0.195 e. The van der Waals surface area contributed by atoms with Gasteiger partial charge in [0.05, 0.1) is 5.02 Å². The Morgan fingerprint density at radius 2 is 2.17 bits per heavy atom. The summed E-state index contributed by atoms with van der Waals surface area (Å²) in [6, 6.07) is 3.21. The third-order valence-electron chi connectivity index (χ3n) is 1.35. The minimum Gasteiger partial charge on any atom is -0.291 e. The SMILES string of the molecule is O=C(CF)c1ccc(F)cc1Cl. The summed E-state index contributed by atoms with van der Waals surface area (Å²) in [5.74, 6) is -1.28. The summed E-state index contributed by atoms with van der Waals surface area (Å²) < 4.78 is 24.3. The fraction of sp³-hybridized carbons (Fsp3) is 0.125. The fourth-order valence-corrected chi connectivity index (χ4v) is 1.06. The van der Waals surface area contributed by atoms with Crippen molar-refractivity contribution in [3.63, 3.8) is 0 Å². The fourth-order valence-electron chi connectivity index (χ4n) is 0.788. The van der Waals surface area contributed by atoms with E-state index in [1.54, 1.807) is 0 Å². The average Bonchev–Trinajstić information content (AvgIpc) is 2.03. The van der Waals surface area contributed by atoms with Crippen molar-refractivity contribution < 1.29 is 13.6 Å². The highest BCUT2D eigenvalue weighted by Crippen LogP contribution is 2.17. The van der Waals surface area contributed by atoms with Gasteiger partial charge in [-0.15, -0.1) is 0 Å². The van der Waals surface area contributed by atoms with Crippen LogP contribution in [0.2, 0.25) is 5.02 Å². The van der Waals surface area contributed by atoms with Gasteiger partial charge in [-0.1, -0.05) is 11.6 Å². The molecule has 1 rings (SSSR count). The maximum atomic E-state index is 12.4. The van der Waals surface area contributed by atoms with Crippen LogP contribution in [0.5, 0.6) is 0 Å². The molecule has 0 spiro atoms. The van der Waals surface area contributed by atoms with E-state index < -0.39 is 18.3 Å². The summed E-state index contributed by atoms with van der Waals surface area (Å²) in [5, 5.41) is -0.0577. The van der Waals surface area contributed by atoms with Crippen molar-refractivity contribution in [2.24, 2.45) is 0 Å². The number of Topliss-reactive ketones (excluding diaryl/α,β-unsaturated/α-hetero) is 1. The first-order valence-electron chi connectivity index (χ1n) is 3.19. The van der Waals surface area contributed by atoms with E-state index in [0.29, 0.717) is 0 Å². The Morgan fingerprint density at radius 3 is 2.67 bits per heavy atom. The molecular formula is C8H5ClF2O. The molecule has 0 heterocycles. The van der Waals surface area contributed by atoms with Gasteiger partial charge in [0.15, 0.2) is 12.5 Å². The highest BCUT2D eigenvalue weighted by molar-refractivity contribution is 6.34. The van der Waals surface area contributed by atoms with Crippen LogP contribution in [-0.4, -0.2) is 12.5 Å². The van der Waals surface area contributed by atoms with E-state index in [2.05, 4.69) is 0 Å². The van der Waals surface area contributed by atoms with Gasteiger partial charge in [0.2, 0.25) is 0 Å². The standard InChI is InChI=1S/C8H5ClF2O/c9-7-3-5(11)1-2-6(7)8(12)4-10/h1-3H,4H2. The Labute approximate surface area is 73.0 Å². The largest absolute Gasteiger partial charge is 0.291 e. The molecule has 0 bridgehead atoms. The molecule has 0 atom stereocenters. The molecule has 0 aliphatic heterocycles. The Balaban J connectivity index is 3.09. The summed E-state index contributed by atoms with van der Waals surface area (Å²) in [5.41, 5.74) is 0.0144. The molecule has 0 aliphatic carbocycles. The van der Waals surface area contributed by atoms with Gasteiger partial charge in [0.1, 0.15) is 5.82 Å². The second-order valence-electron chi connectivity index (χ2n) is 2.18. The molecule has 0 fully saturated rings. The molecular weight excluding hydrogens is 186 g/mol. The number of halogens is 3. The van der Waals surface area contributed by atoms with Gasteiger partial charge >= 0.3 is 0 Å². The van der Waals surface area contributed by atoms with E-state index in [9.17, 15) is 13.6 Å². The van der Waals surface area contributed by atoms with Crippen molar-refractivity contribution >= 4 is 17.4 Å². The minimum absolute atomic E-state index is 0.0144. The number of rotatable bonds is 2. The summed E-state index contributed by atoms with van der Waals surface area (Å²) in [7, 11) is 0. The van der Waals surface area contributed by atoms with E-state index in [-0.39, 0.29) is 10.6 Å². The number of hydrogen-bond acceptors (Lipinski definition) is 1. The van der Waals surface area contributed by atoms with Crippen molar-refractivity contribution in [2.75, 3.05) is 6.67 Å². The lowest BCUT2D eigenvalue weighted by Gasteiger charge is -1.98. The van der Waals surface area contributed by atoms with Crippen LogP contribution >= 0.6 is 11.6 Å². The summed E-state index contributed by atoms with van der Waals surface area (Å²) in [6.07, 6.45) is 0. The van der Waals surface area contributed by atoms with Gasteiger partial charge in [0.25, 0.3) is 0 Å². The minimum atomic E-state index is -1.12. The Hall–Kier alpha value is -0.960. The topological polar surface area (TPSA) is 17.1 Å². The van der Waals surface area contributed by atoms with Gasteiger partial charge in [-0.3, -0.25) is 4.79 Å². The summed E-state index contributed by atoms with van der Waals surface area (Å²) >= 11 is 5.48. The second kappa shape index (κ2) is 3.63. The Morgan fingerprint density at radius 1 is 1.50 bits per heavy atom. The van der Waals surface area contributed by atoms with Crippen molar-refractivity contribution in [3.8, 4) is 0 Å². The zero-order valence-corrected chi connectivity index (χ0v) is 6.74. The number of benzene rings is 1.